The highest BCUT2D eigenvalue weighted by molar-refractivity contribution is 5.93. The van der Waals surface area contributed by atoms with Crippen LogP contribution in [-0.4, -0.2) is 37.0 Å². The van der Waals surface area contributed by atoms with Crippen molar-refractivity contribution in [2.24, 2.45) is 0 Å². The molecule has 0 unspecified atom stereocenters. The van der Waals surface area contributed by atoms with E-state index >= 15 is 0 Å². The van der Waals surface area contributed by atoms with Gasteiger partial charge < -0.3 is 10.3 Å². The molecule has 7 heteroatoms. The number of amides is 1. The normalized spacial score (nSPS) is 11.0. The Morgan fingerprint density at radius 1 is 0.969 bits per heavy atom. The quantitative estimate of drug-likeness (QED) is 0.386. The number of benzene rings is 2. The van der Waals surface area contributed by atoms with Crippen molar-refractivity contribution in [2.45, 2.75) is 12.8 Å². The fourth-order valence-electron chi connectivity index (χ4n) is 3.65. The first-order valence-corrected chi connectivity index (χ1v) is 10.6. The van der Waals surface area contributed by atoms with Gasteiger partial charge in [-0.15, -0.1) is 0 Å². The number of H-pyrrole nitrogens is 1. The molecule has 2 N–H and O–H groups in total. The molecule has 0 aliphatic carbocycles. The summed E-state index contributed by atoms with van der Waals surface area (Å²) in [6, 6.07) is 23.8. The standard InChI is InChI=1S/C25H22N6O/c32-25(27-13-7-12-20-16-26-17-28-20)22-15-24-29-21(18-8-3-1-4-9-18)14-23(31(24)30-22)19-10-5-2-6-11-19/h1-6,8-11,14-17H,7,12-13H2,(H,26,28)(H,27,32). The maximum Gasteiger partial charge on any atom is 0.271 e. The first-order chi connectivity index (χ1) is 15.8. The SMILES string of the molecule is O=C(NCCCc1c[nH]cn1)c1cc2nc(-c3ccccc3)cc(-c3ccccc3)n2n1. The molecular weight excluding hydrogens is 400 g/mol. The molecule has 0 saturated carbocycles. The molecule has 0 aliphatic heterocycles. The largest absolute Gasteiger partial charge is 0.351 e. The van der Waals surface area contributed by atoms with Gasteiger partial charge in [0.1, 0.15) is 0 Å². The second-order valence-electron chi connectivity index (χ2n) is 7.48. The summed E-state index contributed by atoms with van der Waals surface area (Å²) in [5.41, 5.74) is 5.70. The minimum Gasteiger partial charge on any atom is -0.351 e. The summed E-state index contributed by atoms with van der Waals surface area (Å²) < 4.78 is 1.74. The van der Waals surface area contributed by atoms with Crippen LogP contribution in [0.1, 0.15) is 22.6 Å². The maximum atomic E-state index is 12.7. The smallest absolute Gasteiger partial charge is 0.271 e. The average molecular weight is 422 g/mol. The zero-order valence-electron chi connectivity index (χ0n) is 17.4. The molecule has 0 radical (unpaired) electrons. The summed E-state index contributed by atoms with van der Waals surface area (Å²) in [7, 11) is 0. The van der Waals surface area contributed by atoms with E-state index in [1.54, 1.807) is 16.9 Å². The second-order valence-corrected chi connectivity index (χ2v) is 7.48. The van der Waals surface area contributed by atoms with Gasteiger partial charge >= 0.3 is 0 Å². The Labute approximate surface area is 185 Å². The molecule has 0 fully saturated rings. The molecule has 5 aromatic rings. The van der Waals surface area contributed by atoms with Crippen molar-refractivity contribution in [1.82, 2.24) is 29.9 Å². The zero-order chi connectivity index (χ0) is 21.8. The third kappa shape index (κ3) is 4.13. The van der Waals surface area contributed by atoms with Crippen molar-refractivity contribution in [2.75, 3.05) is 6.54 Å². The van der Waals surface area contributed by atoms with Crippen LogP contribution in [0.2, 0.25) is 0 Å². The van der Waals surface area contributed by atoms with Gasteiger partial charge in [0.25, 0.3) is 5.91 Å². The molecule has 0 aliphatic rings. The molecule has 5 rings (SSSR count). The summed E-state index contributed by atoms with van der Waals surface area (Å²) >= 11 is 0. The number of fused-ring (bicyclic) bond motifs is 1. The summed E-state index contributed by atoms with van der Waals surface area (Å²) in [4.78, 5) is 24.7. The van der Waals surface area contributed by atoms with Crippen molar-refractivity contribution in [1.29, 1.82) is 0 Å². The first kappa shape index (κ1) is 19.7. The Hall–Kier alpha value is -4.26. The van der Waals surface area contributed by atoms with Crippen LogP contribution >= 0.6 is 0 Å². The third-order valence-corrected chi connectivity index (χ3v) is 5.25. The van der Waals surface area contributed by atoms with E-state index in [2.05, 4.69) is 20.4 Å². The highest BCUT2D eigenvalue weighted by Crippen LogP contribution is 2.26. The minimum atomic E-state index is -0.210. The Kier molecular flexibility index (Phi) is 5.45. The molecule has 158 valence electrons. The molecule has 7 nitrogen and oxygen atoms in total. The molecule has 0 atom stereocenters. The third-order valence-electron chi connectivity index (χ3n) is 5.25. The summed E-state index contributed by atoms with van der Waals surface area (Å²) in [5, 5.41) is 7.52. The van der Waals surface area contributed by atoms with Crippen molar-refractivity contribution in [3.05, 3.63) is 96.7 Å². The van der Waals surface area contributed by atoms with Crippen LogP contribution in [0.15, 0.2) is 85.3 Å². The van der Waals surface area contributed by atoms with Crippen molar-refractivity contribution < 1.29 is 4.79 Å². The number of imidazole rings is 1. The van der Waals surface area contributed by atoms with E-state index in [1.165, 1.54) is 0 Å². The Morgan fingerprint density at radius 3 is 2.44 bits per heavy atom. The van der Waals surface area contributed by atoms with Crippen molar-refractivity contribution in [3.8, 4) is 22.5 Å². The average Bonchev–Trinajstić information content (AvgIpc) is 3.52. The number of carbonyl (C=O) groups is 1. The predicted molar refractivity (Wildman–Crippen MR) is 123 cm³/mol. The van der Waals surface area contributed by atoms with E-state index in [4.69, 9.17) is 4.98 Å². The first-order valence-electron chi connectivity index (χ1n) is 10.6. The van der Waals surface area contributed by atoms with Gasteiger partial charge in [0.15, 0.2) is 11.3 Å². The summed E-state index contributed by atoms with van der Waals surface area (Å²) in [6.45, 7) is 0.549. The lowest BCUT2D eigenvalue weighted by molar-refractivity contribution is 0.0948. The topological polar surface area (TPSA) is 88.0 Å². The van der Waals surface area contributed by atoms with Crippen LogP contribution in [0.5, 0.6) is 0 Å². The van der Waals surface area contributed by atoms with Crippen LogP contribution in [0, 0.1) is 0 Å². The fourth-order valence-corrected chi connectivity index (χ4v) is 3.65. The lowest BCUT2D eigenvalue weighted by atomic mass is 10.1. The molecule has 0 bridgehead atoms. The van der Waals surface area contributed by atoms with Gasteiger partial charge in [-0.3, -0.25) is 4.79 Å². The second kappa shape index (κ2) is 8.85. The summed E-state index contributed by atoms with van der Waals surface area (Å²) in [5.74, 6) is -0.210. The number of rotatable bonds is 7. The van der Waals surface area contributed by atoms with Crippen molar-refractivity contribution >= 4 is 11.6 Å². The number of nitrogens with one attached hydrogen (secondary N) is 2. The van der Waals surface area contributed by atoms with E-state index in [1.807, 2.05) is 72.9 Å². The van der Waals surface area contributed by atoms with Crippen LogP contribution < -0.4 is 5.32 Å². The van der Waals surface area contributed by atoms with Crippen LogP contribution in [0.4, 0.5) is 0 Å². The number of nitrogens with zero attached hydrogens (tertiary/aromatic N) is 4. The predicted octanol–water partition coefficient (Wildman–Crippen LogP) is 4.15. The van der Waals surface area contributed by atoms with Gasteiger partial charge in [-0.2, -0.15) is 5.10 Å². The Morgan fingerprint density at radius 2 is 1.72 bits per heavy atom. The monoisotopic (exact) mass is 422 g/mol. The Balaban J connectivity index is 1.44. The number of aromatic amines is 1. The number of hydrogen-bond donors (Lipinski definition) is 2. The molecule has 3 aromatic heterocycles. The lowest BCUT2D eigenvalue weighted by Gasteiger charge is -2.08. The summed E-state index contributed by atoms with van der Waals surface area (Å²) in [6.07, 6.45) is 5.13. The van der Waals surface area contributed by atoms with E-state index in [0.29, 0.717) is 17.9 Å². The van der Waals surface area contributed by atoms with E-state index in [9.17, 15) is 4.79 Å². The molecule has 3 heterocycles. The molecule has 32 heavy (non-hydrogen) atoms. The van der Waals surface area contributed by atoms with Crippen LogP contribution in [0.25, 0.3) is 28.2 Å². The van der Waals surface area contributed by atoms with Crippen molar-refractivity contribution in [3.63, 3.8) is 0 Å². The number of aryl methyl sites for hydroxylation is 1. The van der Waals surface area contributed by atoms with Crippen LogP contribution in [-0.2, 0) is 6.42 Å². The van der Waals surface area contributed by atoms with Gasteiger partial charge in [-0.25, -0.2) is 14.5 Å². The zero-order valence-corrected chi connectivity index (χ0v) is 17.4. The van der Waals surface area contributed by atoms with E-state index in [-0.39, 0.29) is 5.91 Å². The fraction of sp³-hybridized carbons (Fsp3) is 0.120. The van der Waals surface area contributed by atoms with Gasteiger partial charge in [-0.1, -0.05) is 60.7 Å². The minimum absolute atomic E-state index is 0.210. The van der Waals surface area contributed by atoms with Gasteiger partial charge in [0, 0.05) is 29.9 Å². The number of aromatic nitrogens is 5. The number of carbonyl (C=O) groups excluding carboxylic acids is 1. The molecular formula is C25H22N6O. The number of hydrogen-bond acceptors (Lipinski definition) is 4. The van der Waals surface area contributed by atoms with Gasteiger partial charge in [0.2, 0.25) is 0 Å². The maximum absolute atomic E-state index is 12.7. The highest BCUT2D eigenvalue weighted by Gasteiger charge is 2.16. The molecule has 1 amide bonds. The van der Waals surface area contributed by atoms with E-state index in [0.717, 1.165) is 41.1 Å². The molecule has 0 spiro atoms. The lowest BCUT2D eigenvalue weighted by Crippen LogP contribution is -2.25. The van der Waals surface area contributed by atoms with E-state index < -0.39 is 0 Å². The Bertz CT molecular complexity index is 1330. The van der Waals surface area contributed by atoms with Crippen LogP contribution in [0.3, 0.4) is 0 Å². The highest BCUT2D eigenvalue weighted by atomic mass is 16.1. The van der Waals surface area contributed by atoms with Gasteiger partial charge in [-0.05, 0) is 18.9 Å². The molecule has 2 aromatic carbocycles. The molecule has 0 saturated heterocycles. The van der Waals surface area contributed by atoms with Gasteiger partial charge in [0.05, 0.1) is 23.4 Å².